The summed E-state index contributed by atoms with van der Waals surface area (Å²) in [4.78, 5) is 50.1. The highest BCUT2D eigenvalue weighted by Crippen LogP contribution is 2.26. The van der Waals surface area contributed by atoms with E-state index in [1.807, 2.05) is 13.8 Å². The van der Waals surface area contributed by atoms with Crippen LogP contribution in [-0.2, 0) is 0 Å². The fourth-order valence-corrected chi connectivity index (χ4v) is 3.03. The first-order valence-electron chi connectivity index (χ1n) is 9.05. The van der Waals surface area contributed by atoms with Gasteiger partial charge in [0.1, 0.15) is 0 Å². The lowest BCUT2D eigenvalue weighted by molar-refractivity contribution is -0.268. The molecule has 1 heterocycles. The third kappa shape index (κ3) is 3.96. The molecule has 8 heteroatoms. The number of benzene rings is 2. The van der Waals surface area contributed by atoms with Gasteiger partial charge in [0.15, 0.2) is 0 Å². The summed E-state index contributed by atoms with van der Waals surface area (Å²) in [7, 11) is 0. The van der Waals surface area contributed by atoms with E-state index in [1.165, 1.54) is 29.2 Å². The molecule has 150 valence electrons. The topological polar surface area (TPSA) is 127 Å². The number of hydrogen-bond donors (Lipinski definition) is 2. The van der Waals surface area contributed by atoms with Crippen molar-refractivity contribution in [3.05, 3.63) is 58.7 Å². The van der Waals surface area contributed by atoms with Gasteiger partial charge in [0.2, 0.25) is 0 Å². The highest BCUT2D eigenvalue weighted by Gasteiger charge is 2.35. The first kappa shape index (κ1) is 20.1. The van der Waals surface area contributed by atoms with Crippen LogP contribution in [0, 0.1) is 5.92 Å². The van der Waals surface area contributed by atoms with Crippen LogP contribution < -0.4 is 10.4 Å². The Morgan fingerprint density at radius 1 is 1.07 bits per heavy atom. The van der Waals surface area contributed by atoms with E-state index in [-0.39, 0.29) is 27.9 Å². The maximum absolute atomic E-state index is 12.6. The lowest BCUT2D eigenvalue weighted by Gasteiger charge is -2.14. The number of nitrogens with one attached hydrogen (secondary N) is 1. The standard InChI is InChI=1S/C21H20N2O6/c1-11(2)7-8-23-19(26)14-5-3-12(9-15(14)20(23)27)18(25)22-17-6-4-13(24)10-16(17)21(28)29/h3-6,9-11,24H,7-8H2,1-2H3,(H,22,25)(H,28,29)/p-1. The van der Waals surface area contributed by atoms with Gasteiger partial charge in [-0.2, -0.15) is 0 Å². The van der Waals surface area contributed by atoms with Crippen molar-refractivity contribution < 1.29 is 29.4 Å². The van der Waals surface area contributed by atoms with Crippen LogP contribution in [0.15, 0.2) is 36.4 Å². The first-order chi connectivity index (χ1) is 13.7. The molecular formula is C21H19N2O6-. The monoisotopic (exact) mass is 395 g/mol. The van der Waals surface area contributed by atoms with Crippen LogP contribution in [0.3, 0.4) is 0 Å². The largest absolute Gasteiger partial charge is 0.872 e. The summed E-state index contributed by atoms with van der Waals surface area (Å²) >= 11 is 0. The van der Waals surface area contributed by atoms with E-state index in [0.29, 0.717) is 18.9 Å². The molecule has 0 aliphatic carbocycles. The van der Waals surface area contributed by atoms with Gasteiger partial charge in [-0.05, 0) is 36.6 Å². The molecule has 0 radical (unpaired) electrons. The van der Waals surface area contributed by atoms with Crippen molar-refractivity contribution in [2.75, 3.05) is 11.9 Å². The smallest absolute Gasteiger partial charge is 0.337 e. The van der Waals surface area contributed by atoms with Gasteiger partial charge in [-0.25, -0.2) is 4.79 Å². The Kier molecular flexibility index (Phi) is 5.36. The van der Waals surface area contributed by atoms with E-state index in [9.17, 15) is 29.4 Å². The van der Waals surface area contributed by atoms with Gasteiger partial charge in [-0.1, -0.05) is 26.0 Å². The number of hydrogen-bond acceptors (Lipinski definition) is 5. The third-order valence-electron chi connectivity index (χ3n) is 4.63. The van der Waals surface area contributed by atoms with Crippen molar-refractivity contribution >= 4 is 29.4 Å². The summed E-state index contributed by atoms with van der Waals surface area (Å²) < 4.78 is 0. The third-order valence-corrected chi connectivity index (χ3v) is 4.63. The molecule has 0 saturated heterocycles. The molecule has 0 atom stereocenters. The minimum absolute atomic E-state index is 0.0384. The molecule has 0 bridgehead atoms. The summed E-state index contributed by atoms with van der Waals surface area (Å²) in [5.74, 6) is -3.03. The zero-order valence-corrected chi connectivity index (χ0v) is 15.9. The number of nitrogens with zero attached hydrogens (tertiary/aromatic N) is 1. The average molecular weight is 395 g/mol. The second kappa shape index (κ2) is 7.75. The van der Waals surface area contributed by atoms with Crippen molar-refractivity contribution in [2.24, 2.45) is 5.92 Å². The van der Waals surface area contributed by atoms with Crippen molar-refractivity contribution in [3.8, 4) is 5.75 Å². The molecule has 2 aromatic carbocycles. The molecule has 3 rings (SSSR count). The zero-order valence-electron chi connectivity index (χ0n) is 15.9. The Balaban J connectivity index is 1.85. The number of rotatable bonds is 6. The van der Waals surface area contributed by atoms with Crippen LogP contribution >= 0.6 is 0 Å². The van der Waals surface area contributed by atoms with Gasteiger partial charge in [0.25, 0.3) is 17.7 Å². The molecule has 0 unspecified atom stereocenters. The maximum atomic E-state index is 12.6. The molecular weight excluding hydrogens is 376 g/mol. The van der Waals surface area contributed by atoms with Gasteiger partial charge in [-0.15, -0.1) is 5.75 Å². The van der Waals surface area contributed by atoms with Crippen LogP contribution in [0.1, 0.15) is 61.7 Å². The Morgan fingerprint density at radius 3 is 2.41 bits per heavy atom. The highest BCUT2D eigenvalue weighted by molar-refractivity contribution is 6.22. The maximum Gasteiger partial charge on any atom is 0.337 e. The summed E-state index contributed by atoms with van der Waals surface area (Å²) in [6.45, 7) is 4.28. The molecule has 0 saturated carbocycles. The van der Waals surface area contributed by atoms with Crippen LogP contribution in [0.4, 0.5) is 5.69 Å². The van der Waals surface area contributed by atoms with Gasteiger partial charge in [-0.3, -0.25) is 19.3 Å². The van der Waals surface area contributed by atoms with Crippen LogP contribution in [0.25, 0.3) is 0 Å². The normalized spacial score (nSPS) is 13.0. The van der Waals surface area contributed by atoms with Crippen LogP contribution in [-0.4, -0.2) is 40.2 Å². The van der Waals surface area contributed by atoms with Gasteiger partial charge < -0.3 is 15.5 Å². The Morgan fingerprint density at radius 2 is 1.76 bits per heavy atom. The van der Waals surface area contributed by atoms with Crippen LogP contribution in [0.5, 0.6) is 5.75 Å². The second-order valence-electron chi connectivity index (χ2n) is 7.17. The van der Waals surface area contributed by atoms with E-state index in [2.05, 4.69) is 5.32 Å². The SMILES string of the molecule is CC(C)CCN1C(=O)c2ccc(C(=O)Nc3ccc([O-])cc3C(=O)O)cc2C1=O. The van der Waals surface area contributed by atoms with Gasteiger partial charge in [0.05, 0.1) is 22.4 Å². The number of carbonyl (C=O) groups excluding carboxylic acids is 3. The number of carboxylic acids is 1. The number of anilines is 1. The molecule has 0 fully saturated rings. The quantitative estimate of drug-likeness (QED) is 0.723. The number of aromatic carboxylic acids is 1. The molecule has 2 aromatic rings. The first-order valence-corrected chi connectivity index (χ1v) is 9.05. The molecule has 1 aliphatic rings. The molecule has 0 aromatic heterocycles. The van der Waals surface area contributed by atoms with Crippen molar-refractivity contribution in [2.45, 2.75) is 20.3 Å². The summed E-state index contributed by atoms with van der Waals surface area (Å²) in [6.07, 6.45) is 0.673. The molecule has 0 spiro atoms. The van der Waals surface area contributed by atoms with Gasteiger partial charge in [0, 0.05) is 12.1 Å². The zero-order chi connectivity index (χ0) is 21.3. The Hall–Kier alpha value is -3.68. The Bertz CT molecular complexity index is 1030. The fraction of sp³-hybridized carbons (Fsp3) is 0.238. The number of amides is 3. The number of imide groups is 1. The lowest BCUT2D eigenvalue weighted by Crippen LogP contribution is -2.31. The predicted octanol–water partition coefficient (Wildman–Crippen LogP) is 2.35. The Labute approximate surface area is 166 Å². The summed E-state index contributed by atoms with van der Waals surface area (Å²) in [6, 6.07) is 7.39. The van der Waals surface area contributed by atoms with Crippen molar-refractivity contribution in [1.82, 2.24) is 4.90 Å². The molecule has 2 N–H and O–H groups in total. The number of fused-ring (bicyclic) bond motifs is 1. The van der Waals surface area contributed by atoms with E-state index in [4.69, 9.17) is 0 Å². The van der Waals surface area contributed by atoms with E-state index < -0.39 is 29.4 Å². The van der Waals surface area contributed by atoms with E-state index in [0.717, 1.165) is 12.1 Å². The van der Waals surface area contributed by atoms with Crippen LogP contribution in [0.2, 0.25) is 0 Å². The predicted molar refractivity (Wildman–Crippen MR) is 102 cm³/mol. The second-order valence-corrected chi connectivity index (χ2v) is 7.17. The number of carboxylic acid groups (broad SMARTS) is 1. The molecule has 3 amide bonds. The van der Waals surface area contributed by atoms with E-state index in [1.54, 1.807) is 0 Å². The molecule has 8 nitrogen and oxygen atoms in total. The lowest BCUT2D eigenvalue weighted by atomic mass is 10.0. The molecule has 1 aliphatic heterocycles. The average Bonchev–Trinajstić information content (AvgIpc) is 2.91. The van der Waals surface area contributed by atoms with Gasteiger partial charge >= 0.3 is 5.97 Å². The minimum atomic E-state index is -1.35. The summed E-state index contributed by atoms with van der Waals surface area (Å²) in [5, 5.41) is 23.0. The molecule has 29 heavy (non-hydrogen) atoms. The fourth-order valence-electron chi connectivity index (χ4n) is 3.03. The van der Waals surface area contributed by atoms with E-state index >= 15 is 0 Å². The van der Waals surface area contributed by atoms with Crippen molar-refractivity contribution in [1.29, 1.82) is 0 Å². The minimum Gasteiger partial charge on any atom is -0.872 e. The van der Waals surface area contributed by atoms with Crippen molar-refractivity contribution in [3.63, 3.8) is 0 Å². The number of carbonyl (C=O) groups is 4. The summed E-state index contributed by atoms with van der Waals surface area (Å²) in [5.41, 5.74) is 0.0943. The highest BCUT2D eigenvalue weighted by atomic mass is 16.4.